The summed E-state index contributed by atoms with van der Waals surface area (Å²) < 4.78 is 0. The number of hydrogen-bond donors (Lipinski definition) is 2. The van der Waals surface area contributed by atoms with Crippen LogP contribution in [0.15, 0.2) is 48.5 Å². The van der Waals surface area contributed by atoms with E-state index in [1.54, 1.807) is 0 Å². The van der Waals surface area contributed by atoms with Gasteiger partial charge in [-0.1, -0.05) is 48.0 Å². The smallest absolute Gasteiger partial charge is 0.0604 e. The minimum Gasteiger partial charge on any atom is -0.393 e. The van der Waals surface area contributed by atoms with Crippen molar-refractivity contribution in [1.29, 1.82) is 0 Å². The van der Waals surface area contributed by atoms with E-state index >= 15 is 0 Å². The predicted molar refractivity (Wildman–Crippen MR) is 78.3 cm³/mol. The quantitative estimate of drug-likeness (QED) is 0.815. The van der Waals surface area contributed by atoms with Crippen LogP contribution in [0.5, 0.6) is 0 Å². The molecule has 0 radical (unpaired) electrons. The summed E-state index contributed by atoms with van der Waals surface area (Å²) in [5, 5.41) is 13.8. The monoisotopic (exact) mass is 253 g/mol. The number of aryl methyl sites for hydroxylation is 1. The summed E-state index contributed by atoms with van der Waals surface area (Å²) in [5.41, 5.74) is 4.85. The Hall–Kier alpha value is -1.80. The normalized spacial score (nSPS) is 22.2. The first-order valence-corrected chi connectivity index (χ1v) is 6.81. The molecule has 0 bridgehead atoms. The molecule has 1 heterocycles. The van der Waals surface area contributed by atoms with Gasteiger partial charge in [-0.2, -0.15) is 0 Å². The van der Waals surface area contributed by atoms with Crippen molar-refractivity contribution in [2.45, 2.75) is 31.9 Å². The fourth-order valence-electron chi connectivity index (χ4n) is 2.80. The Morgan fingerprint density at radius 2 is 1.95 bits per heavy atom. The van der Waals surface area contributed by atoms with Crippen LogP contribution in [0.1, 0.15) is 29.2 Å². The molecular formula is C17H19NO. The van der Waals surface area contributed by atoms with Crippen LogP contribution in [0.2, 0.25) is 0 Å². The van der Waals surface area contributed by atoms with Gasteiger partial charge in [0.05, 0.1) is 12.1 Å². The summed E-state index contributed by atoms with van der Waals surface area (Å²) in [6, 6.07) is 16.9. The molecule has 2 aromatic rings. The van der Waals surface area contributed by atoms with E-state index in [0.29, 0.717) is 0 Å². The highest BCUT2D eigenvalue weighted by Gasteiger charge is 2.22. The maximum absolute atomic E-state index is 10.2. The number of para-hydroxylation sites is 1. The van der Waals surface area contributed by atoms with Gasteiger partial charge in [0.25, 0.3) is 0 Å². The maximum Gasteiger partial charge on any atom is 0.0604 e. The van der Waals surface area contributed by atoms with Crippen LogP contribution >= 0.6 is 0 Å². The predicted octanol–water partition coefficient (Wildman–Crippen LogP) is 3.46. The van der Waals surface area contributed by atoms with Crippen molar-refractivity contribution in [3.63, 3.8) is 0 Å². The lowest BCUT2D eigenvalue weighted by Gasteiger charge is -2.20. The van der Waals surface area contributed by atoms with Crippen molar-refractivity contribution in [2.75, 3.05) is 5.32 Å². The number of nitrogens with one attached hydrogen (secondary N) is 1. The van der Waals surface area contributed by atoms with Crippen LogP contribution in [-0.4, -0.2) is 11.2 Å². The third-order valence-corrected chi connectivity index (χ3v) is 3.75. The van der Waals surface area contributed by atoms with Crippen molar-refractivity contribution in [3.05, 3.63) is 65.2 Å². The Kier molecular flexibility index (Phi) is 3.26. The van der Waals surface area contributed by atoms with E-state index in [4.69, 9.17) is 0 Å². The molecule has 2 aromatic carbocycles. The Morgan fingerprint density at radius 3 is 2.79 bits per heavy atom. The second-order valence-electron chi connectivity index (χ2n) is 5.36. The third kappa shape index (κ3) is 2.64. The molecule has 1 aliphatic heterocycles. The van der Waals surface area contributed by atoms with E-state index in [2.05, 4.69) is 48.6 Å². The second-order valence-corrected chi connectivity index (χ2v) is 5.36. The molecule has 0 fully saturated rings. The Labute approximate surface area is 114 Å². The van der Waals surface area contributed by atoms with Crippen molar-refractivity contribution >= 4 is 5.69 Å². The van der Waals surface area contributed by atoms with Crippen LogP contribution in [0, 0.1) is 6.92 Å². The zero-order valence-corrected chi connectivity index (χ0v) is 11.1. The molecule has 0 unspecified atom stereocenters. The summed E-state index contributed by atoms with van der Waals surface area (Å²) in [7, 11) is 0. The molecule has 0 aromatic heterocycles. The first-order chi connectivity index (χ1) is 9.22. The molecule has 19 heavy (non-hydrogen) atoms. The summed E-state index contributed by atoms with van der Waals surface area (Å²) >= 11 is 0. The molecule has 0 spiro atoms. The summed E-state index contributed by atoms with van der Waals surface area (Å²) in [4.78, 5) is 0. The third-order valence-electron chi connectivity index (χ3n) is 3.75. The van der Waals surface area contributed by atoms with E-state index in [-0.39, 0.29) is 12.1 Å². The minimum atomic E-state index is -0.290. The zero-order valence-electron chi connectivity index (χ0n) is 11.1. The number of hydrogen-bond acceptors (Lipinski definition) is 2. The van der Waals surface area contributed by atoms with E-state index in [1.165, 1.54) is 16.7 Å². The Balaban J connectivity index is 1.95. The molecule has 2 nitrogen and oxygen atoms in total. The van der Waals surface area contributed by atoms with Gasteiger partial charge in [-0.3, -0.25) is 0 Å². The number of benzene rings is 2. The molecule has 0 amide bonds. The number of fused-ring (bicyclic) bond motifs is 1. The number of rotatable bonds is 1. The summed E-state index contributed by atoms with van der Waals surface area (Å²) in [6.45, 7) is 2.10. The fourth-order valence-corrected chi connectivity index (χ4v) is 2.80. The average Bonchev–Trinajstić information content (AvgIpc) is 2.56. The van der Waals surface area contributed by atoms with Crippen LogP contribution in [-0.2, 0) is 6.42 Å². The maximum atomic E-state index is 10.2. The SMILES string of the molecule is Cc1cccc([C@@H]2C[C@H](O)Cc3ccccc3N2)c1. The zero-order chi connectivity index (χ0) is 13.2. The molecule has 2 atom stereocenters. The lowest BCUT2D eigenvalue weighted by atomic mass is 9.98. The number of aliphatic hydroxyl groups is 1. The number of anilines is 1. The van der Waals surface area contributed by atoms with Gasteiger partial charge in [-0.15, -0.1) is 0 Å². The van der Waals surface area contributed by atoms with E-state index < -0.39 is 0 Å². The molecule has 3 rings (SSSR count). The average molecular weight is 253 g/mol. The van der Waals surface area contributed by atoms with Crippen molar-refractivity contribution < 1.29 is 5.11 Å². The largest absolute Gasteiger partial charge is 0.393 e. The van der Waals surface area contributed by atoms with Crippen LogP contribution < -0.4 is 5.32 Å². The van der Waals surface area contributed by atoms with E-state index in [9.17, 15) is 5.11 Å². The molecule has 0 saturated heterocycles. The molecule has 2 N–H and O–H groups in total. The molecule has 0 saturated carbocycles. The molecule has 2 heteroatoms. The van der Waals surface area contributed by atoms with Crippen LogP contribution in [0.4, 0.5) is 5.69 Å². The first kappa shape index (κ1) is 12.2. The van der Waals surface area contributed by atoms with Gasteiger partial charge in [-0.25, -0.2) is 0 Å². The fraction of sp³-hybridized carbons (Fsp3) is 0.294. The van der Waals surface area contributed by atoms with E-state index in [0.717, 1.165) is 18.5 Å². The van der Waals surface area contributed by atoms with Gasteiger partial charge in [0, 0.05) is 12.1 Å². The van der Waals surface area contributed by atoms with Gasteiger partial charge < -0.3 is 10.4 Å². The minimum absolute atomic E-state index is 0.179. The van der Waals surface area contributed by atoms with Crippen LogP contribution in [0.25, 0.3) is 0 Å². The van der Waals surface area contributed by atoms with Crippen molar-refractivity contribution in [3.8, 4) is 0 Å². The van der Waals surface area contributed by atoms with Gasteiger partial charge >= 0.3 is 0 Å². The number of aliphatic hydroxyl groups excluding tert-OH is 1. The van der Waals surface area contributed by atoms with Crippen molar-refractivity contribution in [2.24, 2.45) is 0 Å². The first-order valence-electron chi connectivity index (χ1n) is 6.81. The highest BCUT2D eigenvalue weighted by Crippen LogP contribution is 2.31. The Morgan fingerprint density at radius 1 is 1.11 bits per heavy atom. The molecule has 1 aliphatic rings. The standard InChI is InChI=1S/C17H19NO/c1-12-5-4-7-13(9-12)17-11-15(19)10-14-6-2-3-8-16(14)18-17/h2-9,15,17-19H,10-11H2,1H3/t15-,17+/m1/s1. The lowest BCUT2D eigenvalue weighted by Crippen LogP contribution is -2.16. The topological polar surface area (TPSA) is 32.3 Å². The van der Waals surface area contributed by atoms with Gasteiger partial charge in [0.15, 0.2) is 0 Å². The highest BCUT2D eigenvalue weighted by molar-refractivity contribution is 5.54. The lowest BCUT2D eigenvalue weighted by molar-refractivity contribution is 0.161. The highest BCUT2D eigenvalue weighted by atomic mass is 16.3. The summed E-state index contributed by atoms with van der Waals surface area (Å²) in [6.07, 6.45) is 1.19. The molecule has 98 valence electrons. The van der Waals surface area contributed by atoms with Crippen LogP contribution in [0.3, 0.4) is 0 Å². The van der Waals surface area contributed by atoms with E-state index in [1.807, 2.05) is 12.1 Å². The summed E-state index contributed by atoms with van der Waals surface area (Å²) in [5.74, 6) is 0. The van der Waals surface area contributed by atoms with Gasteiger partial charge in [-0.05, 0) is 30.5 Å². The molecule has 0 aliphatic carbocycles. The van der Waals surface area contributed by atoms with Gasteiger partial charge in [0.1, 0.15) is 0 Å². The van der Waals surface area contributed by atoms with Crippen molar-refractivity contribution in [1.82, 2.24) is 0 Å². The molecular weight excluding hydrogens is 234 g/mol. The second kappa shape index (κ2) is 5.06. The Bertz CT molecular complexity index is 579. The van der Waals surface area contributed by atoms with Gasteiger partial charge in [0.2, 0.25) is 0 Å².